The molecule has 4 heteroatoms. The van der Waals surface area contributed by atoms with Gasteiger partial charge in [0, 0.05) is 5.92 Å². The smallest absolute Gasteiger partial charge is 0.0821 e. The molecule has 62 valence electrons. The molecule has 0 aliphatic rings. The van der Waals surface area contributed by atoms with Gasteiger partial charge in [-0.3, -0.25) is 0 Å². The number of hydrogen-bond donors (Lipinski definition) is 4. The van der Waals surface area contributed by atoms with Crippen LogP contribution in [0.3, 0.4) is 0 Å². The summed E-state index contributed by atoms with van der Waals surface area (Å²) in [5.41, 5.74) is 0. The van der Waals surface area contributed by atoms with Crippen LogP contribution < -0.4 is 0 Å². The fraction of sp³-hybridized carbons (Fsp3) is 1.00. The van der Waals surface area contributed by atoms with Crippen molar-refractivity contribution < 1.29 is 20.4 Å². The molecule has 0 aromatic rings. The van der Waals surface area contributed by atoms with Crippen molar-refractivity contribution in [2.75, 3.05) is 13.2 Å². The first-order valence-corrected chi connectivity index (χ1v) is 3.21. The Morgan fingerprint density at radius 1 is 1.00 bits per heavy atom. The summed E-state index contributed by atoms with van der Waals surface area (Å²) < 4.78 is 0. The Hall–Kier alpha value is -0.160. The van der Waals surface area contributed by atoms with Crippen LogP contribution in [-0.4, -0.2) is 45.8 Å². The average molecular weight is 150 g/mol. The summed E-state index contributed by atoms with van der Waals surface area (Å²) in [5.74, 6) is -0.491. The third-order valence-corrected chi connectivity index (χ3v) is 1.59. The highest BCUT2D eigenvalue weighted by molar-refractivity contribution is 4.70. The molecule has 0 heterocycles. The van der Waals surface area contributed by atoms with Crippen LogP contribution in [0, 0.1) is 5.92 Å². The molecule has 4 nitrogen and oxygen atoms in total. The van der Waals surface area contributed by atoms with E-state index in [-0.39, 0.29) is 0 Å². The summed E-state index contributed by atoms with van der Waals surface area (Å²) in [4.78, 5) is 0. The van der Waals surface area contributed by atoms with Gasteiger partial charge in [-0.05, 0) is 0 Å². The second kappa shape index (κ2) is 4.62. The van der Waals surface area contributed by atoms with Crippen molar-refractivity contribution in [3.05, 3.63) is 0 Å². The van der Waals surface area contributed by atoms with Crippen molar-refractivity contribution >= 4 is 0 Å². The molecule has 3 atom stereocenters. The Morgan fingerprint density at radius 3 is 1.50 bits per heavy atom. The number of aliphatic hydroxyl groups excluding tert-OH is 4. The maximum Gasteiger partial charge on any atom is 0.0821 e. The van der Waals surface area contributed by atoms with Crippen LogP contribution in [0.4, 0.5) is 0 Å². The van der Waals surface area contributed by atoms with E-state index >= 15 is 0 Å². The highest BCUT2D eigenvalue weighted by Gasteiger charge is 2.20. The molecule has 4 N–H and O–H groups in total. The van der Waals surface area contributed by atoms with Crippen molar-refractivity contribution in [2.45, 2.75) is 19.1 Å². The lowest BCUT2D eigenvalue weighted by molar-refractivity contribution is -0.0286. The van der Waals surface area contributed by atoms with E-state index in [0.717, 1.165) is 0 Å². The second-order valence-corrected chi connectivity index (χ2v) is 2.36. The topological polar surface area (TPSA) is 80.9 Å². The van der Waals surface area contributed by atoms with E-state index in [1.165, 1.54) is 0 Å². The van der Waals surface area contributed by atoms with Gasteiger partial charge in [-0.15, -0.1) is 0 Å². The third-order valence-electron chi connectivity index (χ3n) is 1.59. The molecule has 0 aliphatic carbocycles. The molecule has 0 saturated heterocycles. The highest BCUT2D eigenvalue weighted by atomic mass is 16.3. The maximum absolute atomic E-state index is 8.91. The van der Waals surface area contributed by atoms with E-state index in [2.05, 4.69) is 0 Å². The first kappa shape index (κ1) is 9.84. The first-order chi connectivity index (χ1) is 4.63. The summed E-state index contributed by atoms with van der Waals surface area (Å²) in [6.07, 6.45) is -1.91. The Labute approximate surface area is 59.7 Å². The lowest BCUT2D eigenvalue weighted by Gasteiger charge is -2.20. The van der Waals surface area contributed by atoms with Gasteiger partial charge in [-0.1, -0.05) is 6.92 Å². The van der Waals surface area contributed by atoms with Gasteiger partial charge in [-0.2, -0.15) is 0 Å². The normalized spacial score (nSPS) is 20.1. The predicted octanol–water partition coefficient (Wildman–Crippen LogP) is -1.67. The summed E-state index contributed by atoms with van der Waals surface area (Å²) in [6, 6.07) is 0. The van der Waals surface area contributed by atoms with Gasteiger partial charge in [0.15, 0.2) is 0 Å². The molecule has 0 radical (unpaired) electrons. The highest BCUT2D eigenvalue weighted by Crippen LogP contribution is 2.07. The molecule has 0 rings (SSSR count). The van der Waals surface area contributed by atoms with Crippen molar-refractivity contribution in [1.29, 1.82) is 0 Å². The fourth-order valence-electron chi connectivity index (χ4n) is 0.589. The lowest BCUT2D eigenvalue weighted by Crippen LogP contribution is -2.34. The van der Waals surface area contributed by atoms with E-state index in [0.29, 0.717) is 0 Å². The fourth-order valence-corrected chi connectivity index (χ4v) is 0.589. The molecular weight excluding hydrogens is 136 g/mol. The van der Waals surface area contributed by atoms with Crippen molar-refractivity contribution in [2.24, 2.45) is 5.92 Å². The van der Waals surface area contributed by atoms with E-state index < -0.39 is 31.3 Å². The molecule has 0 spiro atoms. The van der Waals surface area contributed by atoms with Crippen LogP contribution in [0.15, 0.2) is 0 Å². The third kappa shape index (κ3) is 2.62. The average Bonchev–Trinajstić information content (AvgIpc) is 2.00. The quantitative estimate of drug-likeness (QED) is 0.386. The van der Waals surface area contributed by atoms with Gasteiger partial charge < -0.3 is 20.4 Å². The van der Waals surface area contributed by atoms with E-state index in [1.807, 2.05) is 0 Å². The Morgan fingerprint density at radius 2 is 1.30 bits per heavy atom. The van der Waals surface area contributed by atoms with Gasteiger partial charge in [-0.25, -0.2) is 0 Å². The zero-order valence-electron chi connectivity index (χ0n) is 5.94. The largest absolute Gasteiger partial charge is 0.394 e. The number of rotatable bonds is 4. The van der Waals surface area contributed by atoms with E-state index in [1.54, 1.807) is 6.92 Å². The molecule has 0 fully saturated rings. The summed E-state index contributed by atoms with van der Waals surface area (Å²) in [5, 5.41) is 34.6. The Bertz CT molecular complexity index is 75.8. The summed E-state index contributed by atoms with van der Waals surface area (Å²) in [7, 11) is 0. The van der Waals surface area contributed by atoms with Crippen molar-refractivity contribution in [3.8, 4) is 0 Å². The van der Waals surface area contributed by atoms with Crippen LogP contribution in [-0.2, 0) is 0 Å². The van der Waals surface area contributed by atoms with Gasteiger partial charge in [0.2, 0.25) is 0 Å². The van der Waals surface area contributed by atoms with Crippen LogP contribution >= 0.6 is 0 Å². The second-order valence-electron chi connectivity index (χ2n) is 2.36. The summed E-state index contributed by atoms with van der Waals surface area (Å²) in [6.45, 7) is 0.776. The van der Waals surface area contributed by atoms with Crippen LogP contribution in [0.1, 0.15) is 6.92 Å². The first-order valence-electron chi connectivity index (χ1n) is 3.21. The van der Waals surface area contributed by atoms with Gasteiger partial charge in [0.25, 0.3) is 0 Å². The molecule has 1 unspecified atom stereocenters. The molecule has 0 aliphatic heterocycles. The zero-order chi connectivity index (χ0) is 8.15. The molecule has 0 bridgehead atoms. The van der Waals surface area contributed by atoms with Crippen molar-refractivity contribution in [1.82, 2.24) is 0 Å². The van der Waals surface area contributed by atoms with Gasteiger partial charge >= 0.3 is 0 Å². The molecular formula is C6H14O4. The predicted molar refractivity (Wildman–Crippen MR) is 35.3 cm³/mol. The Kier molecular flexibility index (Phi) is 4.55. The molecule has 0 aromatic heterocycles. The zero-order valence-corrected chi connectivity index (χ0v) is 5.94. The molecule has 0 amide bonds. The monoisotopic (exact) mass is 150 g/mol. The minimum Gasteiger partial charge on any atom is -0.394 e. The van der Waals surface area contributed by atoms with Crippen molar-refractivity contribution in [3.63, 3.8) is 0 Å². The molecule has 0 saturated carbocycles. The standard InChI is InChI=1S/C6H14O4/c1-4(5(9)2-7)6(10)3-8/h4-10H,2-3H2,1H3/t4?,5-,6+. The minimum atomic E-state index is -0.956. The number of hydrogen-bond acceptors (Lipinski definition) is 4. The van der Waals surface area contributed by atoms with Crippen LogP contribution in [0.5, 0.6) is 0 Å². The Balaban J connectivity index is 3.69. The van der Waals surface area contributed by atoms with Gasteiger partial charge in [0.1, 0.15) is 0 Å². The lowest BCUT2D eigenvalue weighted by atomic mass is 9.99. The number of aliphatic hydroxyl groups is 4. The van der Waals surface area contributed by atoms with Crippen LogP contribution in [0.2, 0.25) is 0 Å². The molecule has 0 aromatic carbocycles. The molecule has 10 heavy (non-hydrogen) atoms. The van der Waals surface area contributed by atoms with Gasteiger partial charge in [0.05, 0.1) is 25.4 Å². The SMILES string of the molecule is CC([C@H](O)CO)[C@@H](O)CO. The maximum atomic E-state index is 8.91. The van der Waals surface area contributed by atoms with Crippen LogP contribution in [0.25, 0.3) is 0 Å². The van der Waals surface area contributed by atoms with E-state index in [4.69, 9.17) is 20.4 Å². The summed E-state index contributed by atoms with van der Waals surface area (Å²) >= 11 is 0. The minimum absolute atomic E-state index is 0.391. The van der Waals surface area contributed by atoms with E-state index in [9.17, 15) is 0 Å².